The minimum absolute atomic E-state index is 0.0791. The maximum absolute atomic E-state index is 12.4. The van der Waals surface area contributed by atoms with Crippen LogP contribution in [0, 0.1) is 0 Å². The molecule has 0 fully saturated rings. The van der Waals surface area contributed by atoms with Gasteiger partial charge in [-0.15, -0.1) is 11.3 Å². The molecule has 0 spiro atoms. The number of ether oxygens (including phenoxy) is 1. The number of ketones is 1. The number of carbonyl (C=O) groups excluding carboxylic acids is 2. The quantitative estimate of drug-likeness (QED) is 0.370. The molecule has 7 heteroatoms. The zero-order valence-corrected chi connectivity index (χ0v) is 18.6. The van der Waals surface area contributed by atoms with E-state index in [1.165, 1.54) is 28.7 Å². The first-order valence-corrected chi connectivity index (χ1v) is 11.5. The van der Waals surface area contributed by atoms with Crippen LogP contribution in [0.1, 0.15) is 34.1 Å². The molecular weight excluding hydrogens is 416 g/mol. The number of hydrogen-bond acceptors (Lipinski definition) is 6. The molecule has 0 saturated carbocycles. The van der Waals surface area contributed by atoms with Gasteiger partial charge in [0.2, 0.25) is 5.91 Å². The van der Waals surface area contributed by atoms with Crippen molar-refractivity contribution in [2.24, 2.45) is 0 Å². The second kappa shape index (κ2) is 10.9. The Morgan fingerprint density at radius 1 is 1.13 bits per heavy atom. The molecule has 3 aromatic rings. The molecule has 0 atom stereocenters. The van der Waals surface area contributed by atoms with E-state index in [-0.39, 0.29) is 18.1 Å². The molecule has 1 N–H and O–H groups in total. The van der Waals surface area contributed by atoms with E-state index in [1.807, 2.05) is 53.9 Å². The molecule has 0 aliphatic carbocycles. The lowest BCUT2D eigenvalue weighted by Gasteiger charge is -2.06. The number of benzene rings is 2. The largest absolute Gasteiger partial charge is 0.497 e. The zero-order chi connectivity index (χ0) is 21.3. The Labute approximate surface area is 184 Å². The number of nitrogens with zero attached hydrogens (tertiary/aromatic N) is 1. The SMILES string of the molecule is CCc1ccc(C(=O)CSc2nc(CC(=O)NCc3cccc(OC)c3)cs2)cc1. The van der Waals surface area contributed by atoms with Crippen LogP contribution >= 0.6 is 23.1 Å². The van der Waals surface area contributed by atoms with Crippen molar-refractivity contribution in [1.29, 1.82) is 0 Å². The summed E-state index contributed by atoms with van der Waals surface area (Å²) < 4.78 is 5.99. The van der Waals surface area contributed by atoms with Gasteiger partial charge < -0.3 is 10.1 Å². The molecule has 0 aliphatic rings. The maximum atomic E-state index is 12.4. The molecule has 156 valence electrons. The van der Waals surface area contributed by atoms with Crippen LogP contribution in [0.2, 0.25) is 0 Å². The first-order valence-electron chi connectivity index (χ1n) is 9.66. The Kier molecular flexibility index (Phi) is 8.04. The number of thioether (sulfide) groups is 1. The summed E-state index contributed by atoms with van der Waals surface area (Å²) in [5.74, 6) is 1.08. The van der Waals surface area contributed by atoms with E-state index in [0.717, 1.165) is 22.1 Å². The Morgan fingerprint density at radius 3 is 2.67 bits per heavy atom. The molecule has 1 amide bonds. The monoisotopic (exact) mass is 440 g/mol. The lowest BCUT2D eigenvalue weighted by atomic mass is 10.1. The van der Waals surface area contributed by atoms with Crippen molar-refractivity contribution in [2.75, 3.05) is 12.9 Å². The number of aryl methyl sites for hydroxylation is 1. The number of amides is 1. The number of hydrogen-bond donors (Lipinski definition) is 1. The van der Waals surface area contributed by atoms with Gasteiger partial charge in [0, 0.05) is 17.5 Å². The molecule has 0 bridgehead atoms. The lowest BCUT2D eigenvalue weighted by molar-refractivity contribution is -0.120. The van der Waals surface area contributed by atoms with E-state index in [0.29, 0.717) is 23.6 Å². The van der Waals surface area contributed by atoms with Gasteiger partial charge in [0.25, 0.3) is 0 Å². The molecule has 0 radical (unpaired) electrons. The van der Waals surface area contributed by atoms with E-state index >= 15 is 0 Å². The van der Waals surface area contributed by atoms with Crippen molar-refractivity contribution in [3.05, 3.63) is 76.3 Å². The number of rotatable bonds is 10. The highest BCUT2D eigenvalue weighted by Gasteiger charge is 2.11. The Balaban J connectivity index is 1.45. The first-order chi connectivity index (χ1) is 14.6. The minimum atomic E-state index is -0.0910. The predicted octanol–water partition coefficient (Wildman–Crippen LogP) is 4.55. The fourth-order valence-corrected chi connectivity index (χ4v) is 4.52. The summed E-state index contributed by atoms with van der Waals surface area (Å²) in [6.45, 7) is 2.53. The number of carbonyl (C=O) groups is 2. The fraction of sp³-hybridized carbons (Fsp3) is 0.261. The lowest BCUT2D eigenvalue weighted by Crippen LogP contribution is -2.24. The molecule has 0 aliphatic heterocycles. The average Bonchev–Trinajstić information content (AvgIpc) is 3.23. The molecule has 3 rings (SSSR count). The summed E-state index contributed by atoms with van der Waals surface area (Å²) >= 11 is 2.87. The van der Waals surface area contributed by atoms with Crippen molar-refractivity contribution < 1.29 is 14.3 Å². The van der Waals surface area contributed by atoms with Gasteiger partial charge in [0.05, 0.1) is 25.0 Å². The molecule has 0 unspecified atom stereocenters. The van der Waals surface area contributed by atoms with Crippen molar-refractivity contribution in [1.82, 2.24) is 10.3 Å². The van der Waals surface area contributed by atoms with Crippen LogP contribution in [-0.2, 0) is 24.2 Å². The smallest absolute Gasteiger partial charge is 0.226 e. The second-order valence-corrected chi connectivity index (χ2v) is 8.75. The highest BCUT2D eigenvalue weighted by molar-refractivity contribution is 8.01. The molecule has 1 aromatic heterocycles. The van der Waals surface area contributed by atoms with Gasteiger partial charge in [-0.1, -0.05) is 55.1 Å². The van der Waals surface area contributed by atoms with Crippen LogP contribution < -0.4 is 10.1 Å². The summed E-state index contributed by atoms with van der Waals surface area (Å²) in [5.41, 5.74) is 3.62. The van der Waals surface area contributed by atoms with Gasteiger partial charge in [-0.05, 0) is 29.7 Å². The van der Waals surface area contributed by atoms with Gasteiger partial charge >= 0.3 is 0 Å². The normalized spacial score (nSPS) is 10.6. The first kappa shape index (κ1) is 22.1. The summed E-state index contributed by atoms with van der Waals surface area (Å²) in [5, 5.41) is 4.77. The van der Waals surface area contributed by atoms with Crippen LogP contribution in [0.4, 0.5) is 0 Å². The Bertz CT molecular complexity index is 1000. The van der Waals surface area contributed by atoms with E-state index in [2.05, 4.69) is 17.2 Å². The molecular formula is C23H24N2O3S2. The zero-order valence-electron chi connectivity index (χ0n) is 17.0. The summed E-state index contributed by atoms with van der Waals surface area (Å²) in [4.78, 5) is 29.0. The fourth-order valence-electron chi connectivity index (χ4n) is 2.78. The van der Waals surface area contributed by atoms with Gasteiger partial charge in [-0.2, -0.15) is 0 Å². The summed E-state index contributed by atoms with van der Waals surface area (Å²) in [6, 6.07) is 15.3. The third-order valence-corrected chi connectivity index (χ3v) is 6.58. The molecule has 1 heterocycles. The van der Waals surface area contributed by atoms with Gasteiger partial charge in [-0.25, -0.2) is 4.98 Å². The average molecular weight is 441 g/mol. The van der Waals surface area contributed by atoms with Crippen LogP contribution in [0.5, 0.6) is 5.75 Å². The third-order valence-electron chi connectivity index (χ3n) is 4.51. The van der Waals surface area contributed by atoms with Crippen LogP contribution in [-0.4, -0.2) is 29.5 Å². The van der Waals surface area contributed by atoms with E-state index in [9.17, 15) is 9.59 Å². The minimum Gasteiger partial charge on any atom is -0.497 e. The van der Waals surface area contributed by atoms with E-state index < -0.39 is 0 Å². The van der Waals surface area contributed by atoms with Gasteiger partial charge in [-0.3, -0.25) is 9.59 Å². The number of nitrogens with one attached hydrogen (secondary N) is 1. The summed E-state index contributed by atoms with van der Waals surface area (Å²) in [6.07, 6.45) is 1.17. The van der Waals surface area contributed by atoms with E-state index in [1.54, 1.807) is 7.11 Å². The van der Waals surface area contributed by atoms with Gasteiger partial charge in [0.1, 0.15) is 5.75 Å². The van der Waals surface area contributed by atoms with Gasteiger partial charge in [0.15, 0.2) is 10.1 Å². The maximum Gasteiger partial charge on any atom is 0.226 e. The van der Waals surface area contributed by atoms with Crippen molar-refractivity contribution in [3.63, 3.8) is 0 Å². The molecule has 2 aromatic carbocycles. The number of thiazole rings is 1. The van der Waals surface area contributed by atoms with E-state index in [4.69, 9.17) is 4.74 Å². The van der Waals surface area contributed by atoms with Crippen LogP contribution in [0.15, 0.2) is 58.3 Å². The van der Waals surface area contributed by atoms with Crippen LogP contribution in [0.25, 0.3) is 0 Å². The highest BCUT2D eigenvalue weighted by atomic mass is 32.2. The topological polar surface area (TPSA) is 68.3 Å². The third kappa shape index (κ3) is 6.43. The summed E-state index contributed by atoms with van der Waals surface area (Å²) in [7, 11) is 1.62. The van der Waals surface area contributed by atoms with Crippen molar-refractivity contribution >= 4 is 34.8 Å². The highest BCUT2D eigenvalue weighted by Crippen LogP contribution is 2.24. The second-order valence-electron chi connectivity index (χ2n) is 6.67. The molecule has 5 nitrogen and oxygen atoms in total. The Morgan fingerprint density at radius 2 is 1.93 bits per heavy atom. The molecule has 0 saturated heterocycles. The standard InChI is InChI=1S/C23H24N2O3S2/c1-3-16-7-9-18(10-8-16)21(26)15-30-23-25-19(14-29-23)12-22(27)24-13-17-5-4-6-20(11-17)28-2/h4-11,14H,3,12-13,15H2,1-2H3,(H,24,27). The van der Waals surface area contributed by atoms with Crippen molar-refractivity contribution in [3.8, 4) is 5.75 Å². The predicted molar refractivity (Wildman–Crippen MR) is 122 cm³/mol. The number of Topliss-reactive ketones (excluding diaryl/α,β-unsaturated/α-hetero) is 1. The number of methoxy groups -OCH3 is 1. The van der Waals surface area contributed by atoms with Crippen molar-refractivity contribution in [2.45, 2.75) is 30.6 Å². The number of aromatic nitrogens is 1. The Hall–Kier alpha value is -2.64. The molecule has 30 heavy (non-hydrogen) atoms. The van der Waals surface area contributed by atoms with Crippen LogP contribution in [0.3, 0.4) is 0 Å².